The molecule has 0 aliphatic rings. The normalized spacial score (nSPS) is 11.3. The standard InChI is InChI=1S/C16H20OSi/c1-17-15-11-10-14(12-16(15)18(2,3)4)13-8-6-5-7-9-13/h5-12H,1-4H3. The molecule has 0 aliphatic carbocycles. The molecule has 2 rings (SSSR count). The van der Waals surface area contributed by atoms with E-state index in [9.17, 15) is 0 Å². The summed E-state index contributed by atoms with van der Waals surface area (Å²) in [4.78, 5) is 0. The Kier molecular flexibility index (Phi) is 3.57. The van der Waals surface area contributed by atoms with Crippen LogP contribution < -0.4 is 9.92 Å². The van der Waals surface area contributed by atoms with Gasteiger partial charge in [-0.15, -0.1) is 0 Å². The van der Waals surface area contributed by atoms with E-state index in [0.29, 0.717) is 0 Å². The molecule has 2 heteroatoms. The topological polar surface area (TPSA) is 9.23 Å². The molecule has 0 amide bonds. The van der Waals surface area contributed by atoms with Crippen LogP contribution in [0.1, 0.15) is 0 Å². The first-order valence-corrected chi connectivity index (χ1v) is 9.76. The Labute approximate surface area is 110 Å². The van der Waals surface area contributed by atoms with Crippen LogP contribution >= 0.6 is 0 Å². The van der Waals surface area contributed by atoms with E-state index in [-0.39, 0.29) is 0 Å². The third-order valence-electron chi connectivity index (χ3n) is 3.11. The fraction of sp³-hybridized carbons (Fsp3) is 0.250. The van der Waals surface area contributed by atoms with Gasteiger partial charge in [-0.2, -0.15) is 0 Å². The van der Waals surface area contributed by atoms with Crippen LogP contribution in [0.4, 0.5) is 0 Å². The highest BCUT2D eigenvalue weighted by molar-refractivity contribution is 6.89. The van der Waals surface area contributed by atoms with Gasteiger partial charge in [-0.3, -0.25) is 0 Å². The lowest BCUT2D eigenvalue weighted by Gasteiger charge is -2.21. The first-order valence-electron chi connectivity index (χ1n) is 6.26. The number of ether oxygens (including phenoxy) is 1. The molecule has 1 nitrogen and oxygen atoms in total. The minimum absolute atomic E-state index is 1.02. The monoisotopic (exact) mass is 256 g/mol. The summed E-state index contributed by atoms with van der Waals surface area (Å²) in [6, 6.07) is 17.0. The average Bonchev–Trinajstić information content (AvgIpc) is 2.38. The Bertz CT molecular complexity index is 527. The summed E-state index contributed by atoms with van der Waals surface area (Å²) < 4.78 is 5.50. The van der Waals surface area contributed by atoms with Crippen molar-refractivity contribution in [2.45, 2.75) is 19.6 Å². The first kappa shape index (κ1) is 12.9. The highest BCUT2D eigenvalue weighted by Crippen LogP contribution is 2.23. The van der Waals surface area contributed by atoms with Crippen LogP contribution in [-0.4, -0.2) is 15.2 Å². The molecule has 0 saturated heterocycles. The van der Waals surface area contributed by atoms with Crippen molar-refractivity contribution in [3.8, 4) is 16.9 Å². The Morgan fingerprint density at radius 2 is 1.50 bits per heavy atom. The van der Waals surface area contributed by atoms with E-state index in [0.717, 1.165) is 5.75 Å². The summed E-state index contributed by atoms with van der Waals surface area (Å²) in [5.74, 6) is 1.02. The SMILES string of the molecule is COc1ccc(-c2ccccc2)cc1[Si](C)(C)C. The van der Waals surface area contributed by atoms with E-state index in [4.69, 9.17) is 4.74 Å². The maximum Gasteiger partial charge on any atom is 0.118 e. The van der Waals surface area contributed by atoms with Crippen LogP contribution in [0.15, 0.2) is 48.5 Å². The molecule has 2 aromatic carbocycles. The molecule has 0 saturated carbocycles. The first-order chi connectivity index (χ1) is 8.52. The lowest BCUT2D eigenvalue weighted by molar-refractivity contribution is 0.418. The number of methoxy groups -OCH3 is 1. The molecule has 0 spiro atoms. The summed E-state index contributed by atoms with van der Waals surface area (Å²) in [5.41, 5.74) is 2.54. The third kappa shape index (κ3) is 2.65. The molecule has 0 unspecified atom stereocenters. The second-order valence-electron chi connectivity index (χ2n) is 5.53. The van der Waals surface area contributed by atoms with Crippen molar-refractivity contribution in [1.82, 2.24) is 0 Å². The minimum Gasteiger partial charge on any atom is -0.497 e. The maximum absolute atomic E-state index is 5.50. The average molecular weight is 256 g/mol. The largest absolute Gasteiger partial charge is 0.497 e. The lowest BCUT2D eigenvalue weighted by Crippen LogP contribution is -2.38. The maximum atomic E-state index is 5.50. The Morgan fingerprint density at radius 3 is 2.06 bits per heavy atom. The van der Waals surface area contributed by atoms with Gasteiger partial charge >= 0.3 is 0 Å². The Morgan fingerprint density at radius 1 is 0.833 bits per heavy atom. The van der Waals surface area contributed by atoms with Crippen LogP contribution in [0.3, 0.4) is 0 Å². The van der Waals surface area contributed by atoms with Crippen molar-refractivity contribution in [2.75, 3.05) is 7.11 Å². The zero-order valence-electron chi connectivity index (χ0n) is 11.5. The highest BCUT2D eigenvalue weighted by Gasteiger charge is 2.21. The van der Waals surface area contributed by atoms with Gasteiger partial charge in [0.05, 0.1) is 15.2 Å². The van der Waals surface area contributed by atoms with Crippen molar-refractivity contribution in [1.29, 1.82) is 0 Å². The summed E-state index contributed by atoms with van der Waals surface area (Å²) in [6.45, 7) is 7.04. The zero-order valence-corrected chi connectivity index (χ0v) is 12.5. The van der Waals surface area contributed by atoms with Crippen molar-refractivity contribution in [3.63, 3.8) is 0 Å². The zero-order chi connectivity index (χ0) is 13.2. The number of rotatable bonds is 3. The molecule has 0 aliphatic heterocycles. The fourth-order valence-electron chi connectivity index (χ4n) is 2.10. The van der Waals surface area contributed by atoms with Crippen LogP contribution in [0.25, 0.3) is 11.1 Å². The molecule has 0 aromatic heterocycles. The molecule has 94 valence electrons. The summed E-state index contributed by atoms with van der Waals surface area (Å²) in [6.07, 6.45) is 0. The fourth-order valence-corrected chi connectivity index (χ4v) is 3.62. The molecular weight excluding hydrogens is 236 g/mol. The molecule has 0 heterocycles. The van der Waals surface area contributed by atoms with Crippen molar-refractivity contribution >= 4 is 13.3 Å². The van der Waals surface area contributed by atoms with E-state index in [2.05, 4.69) is 62.1 Å². The minimum atomic E-state index is -1.39. The second kappa shape index (κ2) is 4.98. The molecule has 0 bridgehead atoms. The van der Waals surface area contributed by atoms with Gasteiger partial charge in [-0.05, 0) is 22.4 Å². The van der Waals surface area contributed by atoms with Gasteiger partial charge in [-0.25, -0.2) is 0 Å². The second-order valence-corrected chi connectivity index (χ2v) is 10.6. The van der Waals surface area contributed by atoms with Crippen molar-refractivity contribution < 1.29 is 4.74 Å². The van der Waals surface area contributed by atoms with Gasteiger partial charge in [0.25, 0.3) is 0 Å². The van der Waals surface area contributed by atoms with Crippen LogP contribution in [-0.2, 0) is 0 Å². The van der Waals surface area contributed by atoms with Crippen LogP contribution in [0.5, 0.6) is 5.75 Å². The molecular formula is C16H20OSi. The van der Waals surface area contributed by atoms with E-state index >= 15 is 0 Å². The highest BCUT2D eigenvalue weighted by atomic mass is 28.3. The van der Waals surface area contributed by atoms with Gasteiger partial charge in [0.2, 0.25) is 0 Å². The molecule has 0 fully saturated rings. The third-order valence-corrected chi connectivity index (χ3v) is 5.12. The van der Waals surface area contributed by atoms with Gasteiger partial charge in [0, 0.05) is 0 Å². The van der Waals surface area contributed by atoms with Gasteiger partial charge < -0.3 is 4.74 Å². The van der Waals surface area contributed by atoms with Gasteiger partial charge in [0.1, 0.15) is 5.75 Å². The molecule has 18 heavy (non-hydrogen) atoms. The number of benzene rings is 2. The molecule has 0 N–H and O–H groups in total. The van der Waals surface area contributed by atoms with E-state index < -0.39 is 8.07 Å². The molecule has 2 aromatic rings. The molecule has 0 radical (unpaired) electrons. The lowest BCUT2D eigenvalue weighted by atomic mass is 10.1. The van der Waals surface area contributed by atoms with Crippen LogP contribution in [0.2, 0.25) is 19.6 Å². The summed E-state index contributed by atoms with van der Waals surface area (Å²) in [5, 5.41) is 1.38. The quantitative estimate of drug-likeness (QED) is 0.757. The molecule has 0 atom stereocenters. The van der Waals surface area contributed by atoms with Gasteiger partial charge in [-0.1, -0.05) is 62.1 Å². The van der Waals surface area contributed by atoms with Crippen molar-refractivity contribution in [3.05, 3.63) is 48.5 Å². The van der Waals surface area contributed by atoms with E-state index in [1.54, 1.807) is 7.11 Å². The predicted molar refractivity (Wildman–Crippen MR) is 81.4 cm³/mol. The summed E-state index contributed by atoms with van der Waals surface area (Å²) in [7, 11) is 0.363. The van der Waals surface area contributed by atoms with E-state index in [1.165, 1.54) is 16.3 Å². The van der Waals surface area contributed by atoms with Crippen LogP contribution in [0, 0.1) is 0 Å². The summed E-state index contributed by atoms with van der Waals surface area (Å²) >= 11 is 0. The predicted octanol–water partition coefficient (Wildman–Crippen LogP) is 3.91. The number of hydrogen-bond acceptors (Lipinski definition) is 1. The van der Waals surface area contributed by atoms with Gasteiger partial charge in [0.15, 0.2) is 0 Å². The smallest absolute Gasteiger partial charge is 0.118 e. The van der Waals surface area contributed by atoms with E-state index in [1.807, 2.05) is 6.07 Å². The Balaban J connectivity index is 2.53. The number of hydrogen-bond donors (Lipinski definition) is 0. The Hall–Kier alpha value is -1.54. The van der Waals surface area contributed by atoms with Crippen molar-refractivity contribution in [2.24, 2.45) is 0 Å².